The van der Waals surface area contributed by atoms with Crippen molar-refractivity contribution in [3.63, 3.8) is 0 Å². The van der Waals surface area contributed by atoms with Gasteiger partial charge in [-0.3, -0.25) is 4.79 Å². The Balaban J connectivity index is 1.96. The maximum absolute atomic E-state index is 12.3. The second-order valence-corrected chi connectivity index (χ2v) is 6.05. The SMILES string of the molecule is COc1ccc(C(NC(=O)CCc2ccccc2)C(C)C)cc1. The van der Waals surface area contributed by atoms with E-state index in [-0.39, 0.29) is 11.9 Å². The first-order valence-corrected chi connectivity index (χ1v) is 8.07. The van der Waals surface area contributed by atoms with Gasteiger partial charge in [0, 0.05) is 6.42 Å². The number of nitrogens with one attached hydrogen (secondary N) is 1. The maximum atomic E-state index is 12.3. The summed E-state index contributed by atoms with van der Waals surface area (Å²) in [6.45, 7) is 4.23. The predicted octanol–water partition coefficient (Wildman–Crippen LogP) is 4.14. The van der Waals surface area contributed by atoms with E-state index < -0.39 is 0 Å². The Labute approximate surface area is 138 Å². The Morgan fingerprint density at radius 3 is 2.26 bits per heavy atom. The van der Waals surface area contributed by atoms with Crippen molar-refractivity contribution in [2.75, 3.05) is 7.11 Å². The first-order chi connectivity index (χ1) is 11.1. The van der Waals surface area contributed by atoms with Crippen molar-refractivity contribution in [1.82, 2.24) is 5.32 Å². The molecule has 0 aromatic heterocycles. The summed E-state index contributed by atoms with van der Waals surface area (Å²) in [4.78, 5) is 12.3. The number of hydrogen-bond donors (Lipinski definition) is 1. The third kappa shape index (κ3) is 5.13. The molecule has 0 saturated heterocycles. The number of hydrogen-bond acceptors (Lipinski definition) is 2. The smallest absolute Gasteiger partial charge is 0.220 e. The van der Waals surface area contributed by atoms with Crippen LogP contribution in [0, 0.1) is 5.92 Å². The van der Waals surface area contributed by atoms with E-state index in [4.69, 9.17) is 4.74 Å². The van der Waals surface area contributed by atoms with Crippen LogP contribution in [-0.4, -0.2) is 13.0 Å². The average molecular weight is 311 g/mol. The summed E-state index contributed by atoms with van der Waals surface area (Å²) < 4.78 is 5.19. The van der Waals surface area contributed by atoms with Gasteiger partial charge in [-0.15, -0.1) is 0 Å². The Bertz CT molecular complexity index is 605. The van der Waals surface area contributed by atoms with Crippen molar-refractivity contribution in [3.05, 3.63) is 65.7 Å². The Kier molecular flexibility index (Phi) is 6.21. The summed E-state index contributed by atoms with van der Waals surface area (Å²) in [5.41, 5.74) is 2.29. The van der Waals surface area contributed by atoms with Crippen LogP contribution in [0.3, 0.4) is 0 Å². The zero-order valence-electron chi connectivity index (χ0n) is 14.1. The molecule has 0 aliphatic carbocycles. The molecule has 3 nitrogen and oxygen atoms in total. The first-order valence-electron chi connectivity index (χ1n) is 8.07. The first kappa shape index (κ1) is 17.1. The molecule has 0 radical (unpaired) electrons. The van der Waals surface area contributed by atoms with Crippen molar-refractivity contribution in [1.29, 1.82) is 0 Å². The lowest BCUT2D eigenvalue weighted by molar-refractivity contribution is -0.122. The van der Waals surface area contributed by atoms with Gasteiger partial charge < -0.3 is 10.1 Å². The molecule has 1 atom stereocenters. The number of rotatable bonds is 7. The summed E-state index contributed by atoms with van der Waals surface area (Å²) in [6.07, 6.45) is 1.27. The van der Waals surface area contributed by atoms with Crippen LogP contribution < -0.4 is 10.1 Å². The van der Waals surface area contributed by atoms with Crippen LogP contribution in [0.25, 0.3) is 0 Å². The van der Waals surface area contributed by atoms with E-state index in [0.29, 0.717) is 12.3 Å². The fourth-order valence-corrected chi connectivity index (χ4v) is 2.59. The topological polar surface area (TPSA) is 38.3 Å². The molecular weight excluding hydrogens is 286 g/mol. The van der Waals surface area contributed by atoms with Gasteiger partial charge in [0.1, 0.15) is 5.75 Å². The lowest BCUT2D eigenvalue weighted by Gasteiger charge is -2.23. The summed E-state index contributed by atoms with van der Waals surface area (Å²) in [5.74, 6) is 1.24. The highest BCUT2D eigenvalue weighted by Crippen LogP contribution is 2.24. The van der Waals surface area contributed by atoms with Crippen LogP contribution in [-0.2, 0) is 11.2 Å². The fraction of sp³-hybridized carbons (Fsp3) is 0.350. The Morgan fingerprint density at radius 1 is 1.04 bits per heavy atom. The van der Waals surface area contributed by atoms with E-state index in [9.17, 15) is 4.79 Å². The molecule has 23 heavy (non-hydrogen) atoms. The minimum atomic E-state index is 0.0178. The highest BCUT2D eigenvalue weighted by molar-refractivity contribution is 5.76. The van der Waals surface area contributed by atoms with Crippen LogP contribution in [0.4, 0.5) is 0 Å². The summed E-state index contributed by atoms with van der Waals surface area (Å²) in [7, 11) is 1.65. The number of ether oxygens (including phenoxy) is 1. The Hall–Kier alpha value is -2.29. The van der Waals surface area contributed by atoms with Gasteiger partial charge in [0.25, 0.3) is 0 Å². The second kappa shape index (κ2) is 8.37. The lowest BCUT2D eigenvalue weighted by Crippen LogP contribution is -2.31. The van der Waals surface area contributed by atoms with E-state index in [1.54, 1.807) is 7.11 Å². The van der Waals surface area contributed by atoms with Gasteiger partial charge in [0.2, 0.25) is 5.91 Å². The van der Waals surface area contributed by atoms with Crippen molar-refractivity contribution in [3.8, 4) is 5.75 Å². The number of aryl methyl sites for hydroxylation is 1. The molecule has 0 spiro atoms. The molecule has 0 saturated carbocycles. The molecule has 1 unspecified atom stereocenters. The molecule has 1 amide bonds. The van der Waals surface area contributed by atoms with Gasteiger partial charge in [-0.05, 0) is 35.6 Å². The number of carbonyl (C=O) groups excluding carboxylic acids is 1. The van der Waals surface area contributed by atoms with Gasteiger partial charge in [0.05, 0.1) is 13.2 Å². The zero-order chi connectivity index (χ0) is 16.7. The molecule has 0 aliphatic rings. The normalized spacial score (nSPS) is 12.0. The zero-order valence-corrected chi connectivity index (χ0v) is 14.1. The molecule has 0 aliphatic heterocycles. The summed E-state index contributed by atoms with van der Waals surface area (Å²) in [6, 6.07) is 18.0. The molecule has 122 valence electrons. The summed E-state index contributed by atoms with van der Waals surface area (Å²) in [5, 5.41) is 3.16. The maximum Gasteiger partial charge on any atom is 0.220 e. The highest BCUT2D eigenvalue weighted by Gasteiger charge is 2.18. The molecule has 0 bridgehead atoms. The van der Waals surface area contributed by atoms with Gasteiger partial charge in [0.15, 0.2) is 0 Å². The van der Waals surface area contributed by atoms with Gasteiger partial charge in [-0.2, -0.15) is 0 Å². The third-order valence-electron chi connectivity index (χ3n) is 3.94. The number of amides is 1. The largest absolute Gasteiger partial charge is 0.497 e. The molecule has 0 heterocycles. The minimum absolute atomic E-state index is 0.0178. The Morgan fingerprint density at radius 2 is 1.70 bits per heavy atom. The van der Waals surface area contributed by atoms with Crippen LogP contribution in [0.2, 0.25) is 0 Å². The molecule has 2 aromatic carbocycles. The molecule has 0 fully saturated rings. The van der Waals surface area contributed by atoms with E-state index >= 15 is 0 Å². The minimum Gasteiger partial charge on any atom is -0.497 e. The summed E-state index contributed by atoms with van der Waals surface area (Å²) >= 11 is 0. The van der Waals surface area contributed by atoms with E-state index in [0.717, 1.165) is 17.7 Å². The van der Waals surface area contributed by atoms with Crippen molar-refractivity contribution in [2.45, 2.75) is 32.7 Å². The van der Waals surface area contributed by atoms with Crippen LogP contribution in [0.1, 0.15) is 37.4 Å². The third-order valence-corrected chi connectivity index (χ3v) is 3.94. The fourth-order valence-electron chi connectivity index (χ4n) is 2.59. The molecular formula is C20H25NO2. The van der Waals surface area contributed by atoms with Gasteiger partial charge in [-0.1, -0.05) is 56.3 Å². The van der Waals surface area contributed by atoms with Crippen molar-refractivity contribution < 1.29 is 9.53 Å². The van der Waals surface area contributed by atoms with Gasteiger partial charge >= 0.3 is 0 Å². The molecule has 2 rings (SSSR count). The second-order valence-electron chi connectivity index (χ2n) is 6.05. The number of carbonyl (C=O) groups is 1. The average Bonchev–Trinajstić information content (AvgIpc) is 2.58. The lowest BCUT2D eigenvalue weighted by atomic mass is 9.95. The standard InChI is InChI=1S/C20H25NO2/c1-15(2)20(17-10-12-18(23-3)13-11-17)21-19(22)14-9-16-7-5-4-6-8-16/h4-8,10-13,15,20H,9,14H2,1-3H3,(H,21,22). The van der Waals surface area contributed by atoms with E-state index in [1.807, 2.05) is 42.5 Å². The van der Waals surface area contributed by atoms with Crippen LogP contribution in [0.5, 0.6) is 5.75 Å². The predicted molar refractivity (Wildman–Crippen MR) is 93.5 cm³/mol. The molecule has 1 N–H and O–H groups in total. The molecule has 3 heteroatoms. The molecule has 2 aromatic rings. The number of methoxy groups -OCH3 is 1. The van der Waals surface area contributed by atoms with Gasteiger partial charge in [-0.25, -0.2) is 0 Å². The highest BCUT2D eigenvalue weighted by atomic mass is 16.5. The number of benzene rings is 2. The quantitative estimate of drug-likeness (QED) is 0.834. The van der Waals surface area contributed by atoms with Crippen LogP contribution >= 0.6 is 0 Å². The van der Waals surface area contributed by atoms with E-state index in [2.05, 4.69) is 31.3 Å². The van der Waals surface area contributed by atoms with Crippen LogP contribution in [0.15, 0.2) is 54.6 Å². The van der Waals surface area contributed by atoms with Crippen molar-refractivity contribution >= 4 is 5.91 Å². The van der Waals surface area contributed by atoms with E-state index in [1.165, 1.54) is 5.56 Å². The van der Waals surface area contributed by atoms with Crippen molar-refractivity contribution in [2.24, 2.45) is 5.92 Å². The monoisotopic (exact) mass is 311 g/mol.